The average Bonchev–Trinajstić information content (AvgIpc) is 2.66. The van der Waals surface area contributed by atoms with Crippen molar-refractivity contribution in [2.75, 3.05) is 6.61 Å². The maximum Gasteiger partial charge on any atom is 0.270 e. The van der Waals surface area contributed by atoms with Gasteiger partial charge in [0.05, 0.1) is 0 Å². The fourth-order valence-corrected chi connectivity index (χ4v) is 1.73. The van der Waals surface area contributed by atoms with Gasteiger partial charge in [-0.05, 0) is 13.3 Å². The quantitative estimate of drug-likeness (QED) is 0.668. The molecule has 0 fully saturated rings. The molecule has 15 heavy (non-hydrogen) atoms. The van der Waals surface area contributed by atoms with E-state index in [-0.39, 0.29) is 18.6 Å². The number of rotatable bonds is 5. The molecule has 5 nitrogen and oxygen atoms in total. The highest BCUT2D eigenvalue weighted by Gasteiger charge is 2.12. The third kappa shape index (κ3) is 3.58. The Morgan fingerprint density at radius 1 is 1.80 bits per heavy atom. The van der Waals surface area contributed by atoms with Gasteiger partial charge in [0.2, 0.25) is 0 Å². The van der Waals surface area contributed by atoms with Crippen molar-refractivity contribution < 1.29 is 9.90 Å². The van der Waals surface area contributed by atoms with Crippen molar-refractivity contribution in [2.24, 2.45) is 5.73 Å². The summed E-state index contributed by atoms with van der Waals surface area (Å²) in [5.41, 5.74) is 5.79. The van der Waals surface area contributed by atoms with E-state index in [0.717, 1.165) is 5.01 Å². The summed E-state index contributed by atoms with van der Waals surface area (Å²) in [7, 11) is 0. The molecule has 84 valence electrons. The monoisotopic (exact) mass is 229 g/mol. The van der Waals surface area contributed by atoms with Gasteiger partial charge in [-0.15, -0.1) is 11.3 Å². The topological polar surface area (TPSA) is 88.2 Å². The molecule has 0 aliphatic carbocycles. The van der Waals surface area contributed by atoms with Crippen LogP contribution in [0, 0.1) is 0 Å². The van der Waals surface area contributed by atoms with E-state index >= 15 is 0 Å². The van der Waals surface area contributed by atoms with Crippen molar-refractivity contribution in [1.82, 2.24) is 10.3 Å². The summed E-state index contributed by atoms with van der Waals surface area (Å²) in [6, 6.07) is -0.0504. The lowest BCUT2D eigenvalue weighted by atomic mass is 10.2. The number of nitrogens with two attached hydrogens (primary N) is 1. The Balaban J connectivity index is 2.53. The number of thiazole rings is 1. The summed E-state index contributed by atoms with van der Waals surface area (Å²) < 4.78 is 0. The molecule has 1 aromatic heterocycles. The van der Waals surface area contributed by atoms with Gasteiger partial charge in [0.1, 0.15) is 10.7 Å². The average molecular weight is 229 g/mol. The fraction of sp³-hybridized carbons (Fsp3) is 0.556. The van der Waals surface area contributed by atoms with Crippen LogP contribution in [0.2, 0.25) is 0 Å². The van der Waals surface area contributed by atoms with Crippen LogP contribution in [-0.2, 0) is 6.54 Å². The zero-order valence-corrected chi connectivity index (χ0v) is 9.38. The lowest BCUT2D eigenvalue weighted by molar-refractivity contribution is 0.0930. The van der Waals surface area contributed by atoms with E-state index in [0.29, 0.717) is 18.7 Å². The van der Waals surface area contributed by atoms with Crippen LogP contribution in [0.3, 0.4) is 0 Å². The molecule has 1 heterocycles. The molecule has 0 spiro atoms. The Labute approximate surface area is 92.3 Å². The lowest BCUT2D eigenvalue weighted by Gasteiger charge is -2.10. The number of aliphatic hydroxyl groups excluding tert-OH is 1. The number of hydrogen-bond donors (Lipinski definition) is 3. The second-order valence-electron chi connectivity index (χ2n) is 3.22. The second-order valence-corrected chi connectivity index (χ2v) is 4.16. The fourth-order valence-electron chi connectivity index (χ4n) is 1.07. The summed E-state index contributed by atoms with van der Waals surface area (Å²) in [6.45, 7) is 2.25. The predicted octanol–water partition coefficient (Wildman–Crippen LogP) is 0.103. The van der Waals surface area contributed by atoms with E-state index in [4.69, 9.17) is 10.8 Å². The van der Waals surface area contributed by atoms with Crippen molar-refractivity contribution in [3.05, 3.63) is 16.1 Å². The van der Waals surface area contributed by atoms with Crippen LogP contribution in [0.5, 0.6) is 0 Å². The molecule has 0 saturated heterocycles. The van der Waals surface area contributed by atoms with Crippen LogP contribution in [0.15, 0.2) is 5.38 Å². The number of aliphatic hydroxyl groups is 1. The standard InChI is InChI=1S/C9H15N3O2S/c1-6(2-3-13)11-9(14)7-5-15-8(4-10)12-7/h5-6,13H,2-4,10H2,1H3,(H,11,14). The zero-order valence-electron chi connectivity index (χ0n) is 8.56. The van der Waals surface area contributed by atoms with Crippen molar-refractivity contribution in [3.8, 4) is 0 Å². The van der Waals surface area contributed by atoms with Gasteiger partial charge in [0.25, 0.3) is 5.91 Å². The second kappa shape index (κ2) is 5.79. The number of nitrogens with zero attached hydrogens (tertiary/aromatic N) is 1. The highest BCUT2D eigenvalue weighted by molar-refractivity contribution is 7.09. The third-order valence-electron chi connectivity index (χ3n) is 1.90. The number of hydrogen-bond acceptors (Lipinski definition) is 5. The van der Waals surface area contributed by atoms with Gasteiger partial charge in [0.15, 0.2) is 0 Å². The molecule has 4 N–H and O–H groups in total. The number of amides is 1. The van der Waals surface area contributed by atoms with Crippen molar-refractivity contribution in [2.45, 2.75) is 25.9 Å². The molecule has 1 amide bonds. The van der Waals surface area contributed by atoms with E-state index in [1.54, 1.807) is 5.38 Å². The molecule has 0 aliphatic rings. The summed E-state index contributed by atoms with van der Waals surface area (Å²) in [5, 5.41) is 13.8. The smallest absolute Gasteiger partial charge is 0.270 e. The normalized spacial score (nSPS) is 12.5. The summed E-state index contributed by atoms with van der Waals surface area (Å²) in [5.74, 6) is -0.216. The Morgan fingerprint density at radius 3 is 3.07 bits per heavy atom. The van der Waals surface area contributed by atoms with Crippen LogP contribution in [0.4, 0.5) is 0 Å². The van der Waals surface area contributed by atoms with Crippen molar-refractivity contribution in [3.63, 3.8) is 0 Å². The van der Waals surface area contributed by atoms with Crippen molar-refractivity contribution in [1.29, 1.82) is 0 Å². The Kier molecular flexibility index (Phi) is 4.67. The maximum atomic E-state index is 11.6. The summed E-state index contributed by atoms with van der Waals surface area (Å²) in [4.78, 5) is 15.6. The summed E-state index contributed by atoms with van der Waals surface area (Å²) in [6.07, 6.45) is 0.541. The minimum absolute atomic E-state index is 0.0504. The minimum Gasteiger partial charge on any atom is -0.396 e. The van der Waals surface area contributed by atoms with E-state index in [1.165, 1.54) is 11.3 Å². The van der Waals surface area contributed by atoms with Crippen LogP contribution >= 0.6 is 11.3 Å². The molecule has 0 bridgehead atoms. The van der Waals surface area contributed by atoms with E-state index in [1.807, 2.05) is 6.92 Å². The highest BCUT2D eigenvalue weighted by atomic mass is 32.1. The zero-order chi connectivity index (χ0) is 11.3. The number of carbonyl (C=O) groups excluding carboxylic acids is 1. The molecule has 0 radical (unpaired) electrons. The Morgan fingerprint density at radius 2 is 2.53 bits per heavy atom. The molecular formula is C9H15N3O2S. The number of carbonyl (C=O) groups is 1. The van der Waals surface area contributed by atoms with Crippen LogP contribution in [0.1, 0.15) is 28.8 Å². The van der Waals surface area contributed by atoms with E-state index < -0.39 is 0 Å². The SMILES string of the molecule is CC(CCO)NC(=O)c1csc(CN)n1. The highest BCUT2D eigenvalue weighted by Crippen LogP contribution is 2.08. The molecule has 0 aromatic carbocycles. The molecular weight excluding hydrogens is 214 g/mol. The molecule has 0 saturated carbocycles. The van der Waals surface area contributed by atoms with E-state index in [2.05, 4.69) is 10.3 Å². The van der Waals surface area contributed by atoms with Crippen molar-refractivity contribution >= 4 is 17.2 Å². The van der Waals surface area contributed by atoms with Gasteiger partial charge >= 0.3 is 0 Å². The predicted molar refractivity (Wildman–Crippen MR) is 58.6 cm³/mol. The first-order valence-electron chi connectivity index (χ1n) is 4.73. The van der Waals surface area contributed by atoms with Gasteiger partial charge < -0.3 is 16.2 Å². The van der Waals surface area contributed by atoms with Crippen LogP contribution in [0.25, 0.3) is 0 Å². The van der Waals surface area contributed by atoms with Gasteiger partial charge in [0, 0.05) is 24.6 Å². The maximum absolute atomic E-state index is 11.6. The van der Waals surface area contributed by atoms with E-state index in [9.17, 15) is 4.79 Å². The molecule has 6 heteroatoms. The van der Waals surface area contributed by atoms with Gasteiger partial charge in [-0.25, -0.2) is 4.98 Å². The third-order valence-corrected chi connectivity index (χ3v) is 2.77. The number of aromatic nitrogens is 1. The minimum atomic E-state index is -0.216. The van der Waals surface area contributed by atoms with Gasteiger partial charge in [-0.3, -0.25) is 4.79 Å². The first kappa shape index (κ1) is 12.1. The first-order chi connectivity index (χ1) is 7.17. The lowest BCUT2D eigenvalue weighted by Crippen LogP contribution is -2.33. The van der Waals surface area contributed by atoms with Crippen LogP contribution in [-0.4, -0.2) is 28.6 Å². The largest absolute Gasteiger partial charge is 0.396 e. The first-order valence-corrected chi connectivity index (χ1v) is 5.61. The molecule has 1 rings (SSSR count). The molecule has 1 unspecified atom stereocenters. The number of nitrogens with one attached hydrogen (secondary N) is 1. The van der Waals surface area contributed by atoms with Gasteiger partial charge in [-0.1, -0.05) is 0 Å². The molecule has 1 aromatic rings. The Bertz CT molecular complexity index is 327. The van der Waals surface area contributed by atoms with Crippen LogP contribution < -0.4 is 11.1 Å². The molecule has 0 aliphatic heterocycles. The molecule has 1 atom stereocenters. The Hall–Kier alpha value is -0.980. The van der Waals surface area contributed by atoms with Gasteiger partial charge in [-0.2, -0.15) is 0 Å². The summed E-state index contributed by atoms with van der Waals surface area (Å²) >= 11 is 1.37.